The second kappa shape index (κ2) is 11.5. The molecule has 0 bridgehead atoms. The second-order valence-electron chi connectivity index (χ2n) is 7.76. The van der Waals surface area contributed by atoms with Crippen LogP contribution in [0.5, 0.6) is 0 Å². The fraction of sp³-hybridized carbons (Fsp3) is 0.364. The van der Waals surface area contributed by atoms with Crippen molar-refractivity contribution in [1.29, 1.82) is 0 Å². The molecule has 8 nitrogen and oxygen atoms in total. The third-order valence-corrected chi connectivity index (χ3v) is 4.59. The van der Waals surface area contributed by atoms with Gasteiger partial charge in [-0.1, -0.05) is 12.1 Å². The van der Waals surface area contributed by atoms with Crippen LogP contribution in [0.1, 0.15) is 43.2 Å². The van der Waals surface area contributed by atoms with Gasteiger partial charge in [-0.3, -0.25) is 14.6 Å². The van der Waals surface area contributed by atoms with Crippen molar-refractivity contribution in [2.45, 2.75) is 39.2 Å². The van der Waals surface area contributed by atoms with Crippen LogP contribution in [-0.4, -0.2) is 41.6 Å². The molecule has 0 saturated carbocycles. The first-order chi connectivity index (χ1) is 14.6. The van der Waals surface area contributed by atoms with E-state index in [1.165, 1.54) is 0 Å². The smallest absolute Gasteiger partial charge is 0.407 e. The van der Waals surface area contributed by atoms with E-state index in [4.69, 9.17) is 4.74 Å². The lowest BCUT2D eigenvalue weighted by atomic mass is 10.1. The molecule has 0 saturated heterocycles. The van der Waals surface area contributed by atoms with Gasteiger partial charge in [0.2, 0.25) is 5.91 Å². The predicted molar refractivity (Wildman–Crippen MR) is 122 cm³/mol. The Labute approximate surface area is 190 Å². The van der Waals surface area contributed by atoms with E-state index >= 15 is 0 Å². The molecule has 3 amide bonds. The minimum absolute atomic E-state index is 0.158. The highest BCUT2D eigenvalue weighted by Crippen LogP contribution is 2.24. The van der Waals surface area contributed by atoms with Gasteiger partial charge in [0.25, 0.3) is 5.91 Å². The Bertz CT molecular complexity index is 913. The molecule has 0 aliphatic carbocycles. The van der Waals surface area contributed by atoms with E-state index in [0.29, 0.717) is 24.3 Å². The Kier molecular flexibility index (Phi) is 8.99. The first kappa shape index (κ1) is 24.3. The Balaban J connectivity index is 1.72. The van der Waals surface area contributed by atoms with Crippen molar-refractivity contribution in [2.75, 3.05) is 18.4 Å². The minimum Gasteiger partial charge on any atom is -0.444 e. The third-order valence-electron chi connectivity index (χ3n) is 3.94. The number of ether oxygens (including phenoxy) is 1. The summed E-state index contributed by atoms with van der Waals surface area (Å²) in [5, 5.41) is 8.18. The molecular formula is C22H27BrN4O4. The molecule has 0 spiro atoms. The summed E-state index contributed by atoms with van der Waals surface area (Å²) in [6.45, 7) is 5.99. The van der Waals surface area contributed by atoms with Crippen LogP contribution in [-0.2, 0) is 16.0 Å². The molecule has 0 aliphatic heterocycles. The topological polar surface area (TPSA) is 109 Å². The molecule has 0 unspecified atom stereocenters. The number of aromatic nitrogens is 1. The lowest BCUT2D eigenvalue weighted by Gasteiger charge is -2.19. The van der Waals surface area contributed by atoms with Crippen molar-refractivity contribution in [3.8, 4) is 0 Å². The summed E-state index contributed by atoms with van der Waals surface area (Å²) < 4.78 is 5.85. The fourth-order valence-electron chi connectivity index (χ4n) is 2.53. The summed E-state index contributed by atoms with van der Waals surface area (Å²) in [4.78, 5) is 39.7. The van der Waals surface area contributed by atoms with Gasteiger partial charge in [-0.05, 0) is 73.0 Å². The fourth-order valence-corrected chi connectivity index (χ4v) is 3.05. The van der Waals surface area contributed by atoms with E-state index < -0.39 is 11.7 Å². The van der Waals surface area contributed by atoms with Crippen LogP contribution in [0.4, 0.5) is 10.5 Å². The molecule has 0 atom stereocenters. The number of hydrogen-bond acceptors (Lipinski definition) is 5. The highest BCUT2D eigenvalue weighted by atomic mass is 79.9. The molecule has 0 radical (unpaired) electrons. The number of pyridine rings is 1. The van der Waals surface area contributed by atoms with Gasteiger partial charge in [0.15, 0.2) is 0 Å². The summed E-state index contributed by atoms with van der Waals surface area (Å²) in [6.07, 6.45) is 1.81. The molecule has 1 aromatic carbocycles. The van der Waals surface area contributed by atoms with Crippen LogP contribution in [0, 0.1) is 0 Å². The molecule has 9 heteroatoms. The zero-order chi connectivity index (χ0) is 22.9. The summed E-state index contributed by atoms with van der Waals surface area (Å²) in [5.41, 5.74) is 1.39. The maximum absolute atomic E-state index is 12.2. The van der Waals surface area contributed by atoms with Crippen LogP contribution in [0.15, 0.2) is 47.1 Å². The van der Waals surface area contributed by atoms with E-state index in [1.54, 1.807) is 51.2 Å². The van der Waals surface area contributed by atoms with E-state index in [-0.39, 0.29) is 24.8 Å². The number of rotatable bonds is 8. The second-order valence-corrected chi connectivity index (χ2v) is 8.62. The first-order valence-electron chi connectivity index (χ1n) is 9.88. The summed E-state index contributed by atoms with van der Waals surface area (Å²) in [7, 11) is 0. The molecule has 0 fully saturated rings. The maximum atomic E-state index is 12.2. The van der Waals surface area contributed by atoms with E-state index in [0.717, 1.165) is 10.0 Å². The van der Waals surface area contributed by atoms with Crippen LogP contribution in [0.2, 0.25) is 0 Å². The number of alkyl carbamates (subject to hydrolysis) is 1. The average molecular weight is 491 g/mol. The van der Waals surface area contributed by atoms with Gasteiger partial charge < -0.3 is 20.7 Å². The number of anilines is 1. The number of hydrogen-bond donors (Lipinski definition) is 3. The highest BCUT2D eigenvalue weighted by Gasteiger charge is 2.16. The highest BCUT2D eigenvalue weighted by molar-refractivity contribution is 9.10. The normalized spacial score (nSPS) is 10.8. The van der Waals surface area contributed by atoms with Crippen LogP contribution >= 0.6 is 15.9 Å². The zero-order valence-corrected chi connectivity index (χ0v) is 19.4. The minimum atomic E-state index is -0.572. The van der Waals surface area contributed by atoms with Gasteiger partial charge in [-0.2, -0.15) is 0 Å². The number of benzene rings is 1. The quantitative estimate of drug-likeness (QED) is 0.522. The van der Waals surface area contributed by atoms with Crippen molar-refractivity contribution in [3.05, 3.63) is 58.3 Å². The Morgan fingerprint density at radius 2 is 1.84 bits per heavy atom. The van der Waals surface area contributed by atoms with Crippen LogP contribution in [0.25, 0.3) is 0 Å². The molecule has 1 aromatic heterocycles. The average Bonchev–Trinajstić information content (AvgIpc) is 2.69. The van der Waals surface area contributed by atoms with Crippen molar-refractivity contribution in [2.24, 2.45) is 0 Å². The monoisotopic (exact) mass is 490 g/mol. The van der Waals surface area contributed by atoms with Crippen molar-refractivity contribution < 1.29 is 19.1 Å². The van der Waals surface area contributed by atoms with Crippen LogP contribution < -0.4 is 16.0 Å². The first-order valence-corrected chi connectivity index (χ1v) is 10.7. The number of nitrogens with zero attached hydrogens (tertiary/aromatic N) is 1. The van der Waals surface area contributed by atoms with E-state index in [2.05, 4.69) is 36.9 Å². The lowest BCUT2D eigenvalue weighted by Crippen LogP contribution is -2.35. The van der Waals surface area contributed by atoms with Gasteiger partial charge in [-0.15, -0.1) is 0 Å². The Hall–Kier alpha value is -2.94. The van der Waals surface area contributed by atoms with E-state index in [1.807, 2.05) is 12.1 Å². The SMILES string of the molecule is CC(C)(C)OC(=O)NCCC(=O)NCCc1ccc(NC(=O)c2ccccn2)c(Br)c1. The molecule has 2 aromatic rings. The summed E-state index contributed by atoms with van der Waals surface area (Å²) in [6, 6.07) is 10.7. The van der Waals surface area contributed by atoms with Gasteiger partial charge >= 0.3 is 6.09 Å². The number of carbonyl (C=O) groups excluding carboxylic acids is 3. The summed E-state index contributed by atoms with van der Waals surface area (Å²) in [5.74, 6) is -0.448. The molecule has 31 heavy (non-hydrogen) atoms. The maximum Gasteiger partial charge on any atom is 0.407 e. The summed E-state index contributed by atoms with van der Waals surface area (Å²) >= 11 is 3.46. The van der Waals surface area contributed by atoms with Gasteiger partial charge in [-0.25, -0.2) is 4.79 Å². The molecular weight excluding hydrogens is 464 g/mol. The Morgan fingerprint density at radius 1 is 1.06 bits per heavy atom. The van der Waals surface area contributed by atoms with E-state index in [9.17, 15) is 14.4 Å². The largest absolute Gasteiger partial charge is 0.444 e. The van der Waals surface area contributed by atoms with Crippen molar-refractivity contribution >= 4 is 39.5 Å². The van der Waals surface area contributed by atoms with Gasteiger partial charge in [0.05, 0.1) is 5.69 Å². The number of nitrogens with one attached hydrogen (secondary N) is 3. The van der Waals surface area contributed by atoms with Gasteiger partial charge in [0, 0.05) is 30.2 Å². The molecule has 2 rings (SSSR count). The number of carbonyl (C=O) groups is 3. The molecule has 166 valence electrons. The van der Waals surface area contributed by atoms with Crippen molar-refractivity contribution in [3.63, 3.8) is 0 Å². The third kappa shape index (κ3) is 9.17. The lowest BCUT2D eigenvalue weighted by molar-refractivity contribution is -0.120. The number of amides is 3. The van der Waals surface area contributed by atoms with Crippen molar-refractivity contribution in [1.82, 2.24) is 15.6 Å². The predicted octanol–water partition coefficient (Wildman–Crippen LogP) is 3.67. The zero-order valence-electron chi connectivity index (χ0n) is 17.8. The molecule has 0 aliphatic rings. The van der Waals surface area contributed by atoms with Gasteiger partial charge in [0.1, 0.15) is 11.3 Å². The molecule has 1 heterocycles. The standard InChI is InChI=1S/C22H27BrN4O4/c1-22(2,3)31-21(30)26-13-10-19(28)25-12-9-15-7-8-17(16(23)14-15)27-20(29)18-6-4-5-11-24-18/h4-8,11,14H,9-10,12-13H2,1-3H3,(H,25,28)(H,26,30)(H,27,29). The van der Waals surface area contributed by atoms with Crippen LogP contribution in [0.3, 0.4) is 0 Å². The molecule has 3 N–H and O–H groups in total. The Morgan fingerprint density at radius 3 is 2.48 bits per heavy atom. The number of halogens is 1.